The Morgan fingerprint density at radius 1 is 1.38 bits per heavy atom. The van der Waals surface area contributed by atoms with Gasteiger partial charge in [0.1, 0.15) is 12.4 Å². The number of carbonyl (C=O) groups excluding carboxylic acids is 2. The zero-order valence-electron chi connectivity index (χ0n) is 18.1. The van der Waals surface area contributed by atoms with E-state index in [1.165, 1.54) is 36.6 Å². The number of nitrogens with zero attached hydrogens (tertiary/aromatic N) is 2. The van der Waals surface area contributed by atoms with Crippen LogP contribution in [-0.4, -0.2) is 29.2 Å². The molecule has 174 valence electrons. The molecular formula is C23H20N4O6S. The van der Waals surface area contributed by atoms with Gasteiger partial charge < -0.3 is 19.8 Å². The quantitative estimate of drug-likeness (QED) is 0.235. The fraction of sp³-hybridized carbons (Fsp3) is 0.174. The molecule has 34 heavy (non-hydrogen) atoms. The maximum absolute atomic E-state index is 12.7. The topological polar surface area (TPSA) is 148 Å². The van der Waals surface area contributed by atoms with Crippen LogP contribution in [0.1, 0.15) is 18.6 Å². The van der Waals surface area contributed by atoms with Gasteiger partial charge in [-0.05, 0) is 31.2 Å². The van der Waals surface area contributed by atoms with E-state index in [0.717, 1.165) is 11.8 Å². The van der Waals surface area contributed by atoms with Gasteiger partial charge in [-0.25, -0.2) is 4.79 Å². The smallest absolute Gasteiger partial charge is 0.337 e. The van der Waals surface area contributed by atoms with E-state index in [2.05, 4.69) is 23.3 Å². The number of thioether (sulfide) groups is 1. The zero-order valence-corrected chi connectivity index (χ0v) is 18.9. The van der Waals surface area contributed by atoms with Crippen LogP contribution in [0.15, 0.2) is 81.6 Å². The maximum Gasteiger partial charge on any atom is 0.337 e. The first kappa shape index (κ1) is 24.3. The molecule has 11 heteroatoms. The molecule has 1 aromatic carbocycles. The van der Waals surface area contributed by atoms with Gasteiger partial charge in [0.05, 0.1) is 45.1 Å². The van der Waals surface area contributed by atoms with Crippen LogP contribution in [0.5, 0.6) is 0 Å². The molecule has 0 saturated carbocycles. The highest BCUT2D eigenvalue weighted by Crippen LogP contribution is 2.41. The van der Waals surface area contributed by atoms with Crippen molar-refractivity contribution in [3.8, 4) is 6.07 Å². The summed E-state index contributed by atoms with van der Waals surface area (Å²) >= 11 is 1.08. The lowest BCUT2D eigenvalue weighted by Gasteiger charge is -2.27. The third-order valence-electron chi connectivity index (χ3n) is 4.74. The molecule has 1 aliphatic heterocycles. The standard InChI is InChI=1S/C23H20N4O6S/c1-3-10-33-23(29)20-14(2)25-22(17(12-24)21(20)18-5-4-11-32-18)34-13-19(28)26-15-6-8-16(9-7-15)27(30)31/h3-9,11,21,25H,1,10,13H2,2H3,(H,26,28). The molecule has 1 atom stereocenters. The third-order valence-corrected chi connectivity index (χ3v) is 5.75. The SMILES string of the molecule is C=CCOC(=O)C1=C(C)NC(SCC(=O)Nc2ccc([N+](=O)[O-])cc2)=C(C#N)C1c1ccco1. The highest BCUT2D eigenvalue weighted by molar-refractivity contribution is 8.03. The number of amides is 1. The fourth-order valence-corrected chi connectivity index (χ4v) is 4.14. The zero-order chi connectivity index (χ0) is 24.7. The number of rotatable bonds is 9. The van der Waals surface area contributed by atoms with Crippen LogP contribution >= 0.6 is 11.8 Å². The number of nitro benzene ring substituents is 1. The average Bonchev–Trinajstić information content (AvgIpc) is 3.35. The second-order valence-corrected chi connectivity index (χ2v) is 7.98. The number of benzene rings is 1. The van der Waals surface area contributed by atoms with Crippen molar-refractivity contribution in [2.45, 2.75) is 12.8 Å². The molecule has 2 heterocycles. The van der Waals surface area contributed by atoms with Crippen LogP contribution in [-0.2, 0) is 14.3 Å². The van der Waals surface area contributed by atoms with Gasteiger partial charge in [0.25, 0.3) is 5.69 Å². The summed E-state index contributed by atoms with van der Waals surface area (Å²) in [4.78, 5) is 35.4. The van der Waals surface area contributed by atoms with E-state index >= 15 is 0 Å². The van der Waals surface area contributed by atoms with Crippen molar-refractivity contribution in [2.75, 3.05) is 17.7 Å². The number of hydrogen-bond acceptors (Lipinski definition) is 9. The highest BCUT2D eigenvalue weighted by Gasteiger charge is 2.37. The first-order valence-corrected chi connectivity index (χ1v) is 10.9. The van der Waals surface area contributed by atoms with Gasteiger partial charge in [-0.2, -0.15) is 5.26 Å². The molecule has 10 nitrogen and oxygen atoms in total. The fourth-order valence-electron chi connectivity index (χ4n) is 3.25. The molecule has 3 rings (SSSR count). The molecule has 1 aliphatic rings. The third kappa shape index (κ3) is 5.54. The van der Waals surface area contributed by atoms with Crippen molar-refractivity contribution in [1.82, 2.24) is 5.32 Å². The van der Waals surface area contributed by atoms with E-state index in [1.807, 2.05) is 0 Å². The lowest BCUT2D eigenvalue weighted by atomic mass is 9.86. The van der Waals surface area contributed by atoms with Gasteiger partial charge >= 0.3 is 5.97 Å². The Bertz CT molecular complexity index is 1210. The Hall–Kier alpha value is -4.30. The Kier molecular flexibility index (Phi) is 7.89. The van der Waals surface area contributed by atoms with Crippen molar-refractivity contribution in [1.29, 1.82) is 5.26 Å². The largest absolute Gasteiger partial charge is 0.468 e. The molecule has 1 aromatic heterocycles. The van der Waals surface area contributed by atoms with Crippen LogP contribution in [0.3, 0.4) is 0 Å². The molecule has 2 aromatic rings. The Morgan fingerprint density at radius 2 is 2.12 bits per heavy atom. The predicted octanol–water partition coefficient (Wildman–Crippen LogP) is 3.98. The Labute approximate surface area is 199 Å². The van der Waals surface area contributed by atoms with Gasteiger partial charge in [-0.1, -0.05) is 24.4 Å². The van der Waals surface area contributed by atoms with E-state index < -0.39 is 16.8 Å². The number of allylic oxidation sites excluding steroid dienone is 2. The number of furan rings is 1. The van der Waals surface area contributed by atoms with Crippen LogP contribution < -0.4 is 10.6 Å². The second-order valence-electron chi connectivity index (χ2n) is 6.99. The molecule has 2 N–H and O–H groups in total. The number of non-ortho nitro benzene ring substituents is 1. The van der Waals surface area contributed by atoms with E-state index in [-0.39, 0.29) is 35.1 Å². The second kappa shape index (κ2) is 11.0. The minimum atomic E-state index is -0.807. The molecular weight excluding hydrogens is 460 g/mol. The summed E-state index contributed by atoms with van der Waals surface area (Å²) in [6.07, 6.45) is 2.89. The molecule has 0 spiro atoms. The molecule has 0 aliphatic carbocycles. The van der Waals surface area contributed by atoms with E-state index in [1.54, 1.807) is 19.1 Å². The average molecular weight is 481 g/mol. The van der Waals surface area contributed by atoms with Gasteiger partial charge in [-0.3, -0.25) is 14.9 Å². The monoisotopic (exact) mass is 480 g/mol. The summed E-state index contributed by atoms with van der Waals surface area (Å²) in [6, 6.07) is 10.9. The van der Waals surface area contributed by atoms with Gasteiger partial charge in [0, 0.05) is 23.5 Å². The summed E-state index contributed by atoms with van der Waals surface area (Å²) in [5.74, 6) is -1.47. The van der Waals surface area contributed by atoms with Crippen molar-refractivity contribution >= 4 is 35.0 Å². The summed E-state index contributed by atoms with van der Waals surface area (Å²) < 4.78 is 10.7. The molecule has 0 saturated heterocycles. The van der Waals surface area contributed by atoms with Crippen molar-refractivity contribution < 1.29 is 23.7 Å². The minimum Gasteiger partial charge on any atom is -0.468 e. The van der Waals surface area contributed by atoms with Crippen molar-refractivity contribution in [3.05, 3.63) is 93.1 Å². The van der Waals surface area contributed by atoms with Crippen LogP contribution in [0.25, 0.3) is 0 Å². The summed E-state index contributed by atoms with van der Waals surface area (Å²) in [5.41, 5.74) is 1.22. The number of hydrogen-bond donors (Lipinski definition) is 2. The van der Waals surface area contributed by atoms with Crippen LogP contribution in [0.4, 0.5) is 11.4 Å². The van der Waals surface area contributed by atoms with E-state index in [0.29, 0.717) is 22.2 Å². The number of carbonyl (C=O) groups is 2. The molecule has 0 radical (unpaired) electrons. The first-order chi connectivity index (χ1) is 16.3. The molecule has 0 bridgehead atoms. The van der Waals surface area contributed by atoms with Crippen LogP contribution in [0, 0.1) is 21.4 Å². The van der Waals surface area contributed by atoms with Gasteiger partial charge in [0.15, 0.2) is 0 Å². The number of nitrogens with one attached hydrogen (secondary N) is 2. The lowest BCUT2D eigenvalue weighted by Crippen LogP contribution is -2.29. The number of esters is 1. The maximum atomic E-state index is 12.7. The number of nitro groups is 1. The summed E-state index contributed by atoms with van der Waals surface area (Å²) in [6.45, 7) is 5.21. The number of dihydropyridines is 1. The lowest BCUT2D eigenvalue weighted by molar-refractivity contribution is -0.384. The Morgan fingerprint density at radius 3 is 2.71 bits per heavy atom. The highest BCUT2D eigenvalue weighted by atomic mass is 32.2. The number of anilines is 1. The molecule has 0 fully saturated rings. The predicted molar refractivity (Wildman–Crippen MR) is 125 cm³/mol. The number of nitriles is 1. The molecule has 1 unspecified atom stereocenters. The van der Waals surface area contributed by atoms with E-state index in [4.69, 9.17) is 9.15 Å². The summed E-state index contributed by atoms with van der Waals surface area (Å²) in [7, 11) is 0. The van der Waals surface area contributed by atoms with Crippen molar-refractivity contribution in [3.63, 3.8) is 0 Å². The van der Waals surface area contributed by atoms with Gasteiger partial charge in [0.2, 0.25) is 5.91 Å². The van der Waals surface area contributed by atoms with Crippen molar-refractivity contribution in [2.24, 2.45) is 0 Å². The minimum absolute atomic E-state index is 0.0104. The summed E-state index contributed by atoms with van der Waals surface area (Å²) in [5, 5.41) is 26.8. The molecule has 1 amide bonds. The van der Waals surface area contributed by atoms with Gasteiger partial charge in [-0.15, -0.1) is 0 Å². The van der Waals surface area contributed by atoms with E-state index in [9.17, 15) is 25.0 Å². The first-order valence-electron chi connectivity index (χ1n) is 9.96. The number of ether oxygens (including phenoxy) is 1. The Balaban J connectivity index is 1.79. The van der Waals surface area contributed by atoms with Crippen LogP contribution in [0.2, 0.25) is 0 Å². The normalized spacial score (nSPS) is 15.2.